The van der Waals surface area contributed by atoms with Crippen molar-refractivity contribution in [2.24, 2.45) is 0 Å². The summed E-state index contributed by atoms with van der Waals surface area (Å²) in [4.78, 5) is 8.10. The van der Waals surface area contributed by atoms with E-state index >= 15 is 0 Å². The van der Waals surface area contributed by atoms with E-state index < -0.39 is 17.8 Å². The maximum atomic E-state index is 13.2. The van der Waals surface area contributed by atoms with Crippen LogP contribution in [0.25, 0.3) is 10.9 Å². The molecule has 6 heteroatoms. The molecule has 0 aliphatic rings. The van der Waals surface area contributed by atoms with E-state index in [1.807, 2.05) is 0 Å². The second kappa shape index (κ2) is 5.62. The fraction of sp³-hybridized carbons (Fsp3) is 0.176. The monoisotopic (exact) mass is 318 g/mol. The number of rotatable bonds is 2. The Balaban J connectivity index is 2.26. The highest BCUT2D eigenvalue weighted by atomic mass is 19.4. The van der Waals surface area contributed by atoms with Crippen LogP contribution in [0.2, 0.25) is 0 Å². The highest BCUT2D eigenvalue weighted by Gasteiger charge is 2.33. The summed E-state index contributed by atoms with van der Waals surface area (Å²) in [6.07, 6.45) is -4.10. The van der Waals surface area contributed by atoms with Gasteiger partial charge in [-0.3, -0.25) is 9.97 Å². The zero-order valence-electron chi connectivity index (χ0n) is 12.2. The van der Waals surface area contributed by atoms with E-state index in [1.165, 1.54) is 18.3 Å². The van der Waals surface area contributed by atoms with Crippen LogP contribution in [-0.4, -0.2) is 15.1 Å². The number of alkyl halides is 3. The molecule has 0 saturated carbocycles. The quantitative estimate of drug-likeness (QED) is 0.776. The van der Waals surface area contributed by atoms with Gasteiger partial charge in [0, 0.05) is 17.3 Å². The molecule has 0 bridgehead atoms. The lowest BCUT2D eigenvalue weighted by molar-refractivity contribution is -0.136. The number of aliphatic hydroxyl groups excluding tert-OH is 1. The van der Waals surface area contributed by atoms with Gasteiger partial charge in [-0.15, -0.1) is 0 Å². The minimum absolute atomic E-state index is 0.162. The van der Waals surface area contributed by atoms with Crippen LogP contribution in [0.4, 0.5) is 13.2 Å². The molecule has 0 amide bonds. The number of hydrogen-bond acceptors (Lipinski definition) is 3. The molecule has 2 heterocycles. The molecule has 1 N–H and O–H groups in total. The van der Waals surface area contributed by atoms with E-state index in [0.717, 1.165) is 6.07 Å². The number of halogens is 3. The first kappa shape index (κ1) is 15.4. The molecule has 3 rings (SSSR count). The van der Waals surface area contributed by atoms with E-state index in [9.17, 15) is 18.3 Å². The summed E-state index contributed by atoms with van der Waals surface area (Å²) in [5.74, 6) is 0. The first-order valence-corrected chi connectivity index (χ1v) is 6.94. The number of aryl methyl sites for hydroxylation is 1. The molecule has 0 aliphatic heterocycles. The van der Waals surface area contributed by atoms with Gasteiger partial charge in [-0.2, -0.15) is 13.2 Å². The Labute approximate surface area is 130 Å². The molecule has 1 unspecified atom stereocenters. The first-order chi connectivity index (χ1) is 10.9. The number of fused-ring (bicyclic) bond motifs is 1. The lowest BCUT2D eigenvalue weighted by Gasteiger charge is -2.16. The maximum absolute atomic E-state index is 13.2. The third-order valence-corrected chi connectivity index (χ3v) is 3.57. The van der Waals surface area contributed by atoms with Crippen molar-refractivity contribution in [2.45, 2.75) is 19.2 Å². The maximum Gasteiger partial charge on any atom is 0.418 e. The fourth-order valence-electron chi connectivity index (χ4n) is 2.56. The molecule has 0 fully saturated rings. The van der Waals surface area contributed by atoms with Crippen LogP contribution in [-0.2, 0) is 6.18 Å². The van der Waals surface area contributed by atoms with Crippen LogP contribution in [0.15, 0.2) is 48.7 Å². The SMILES string of the molecule is Cc1cc(C(O)c2ccccn2)c2cccc(C(F)(F)F)c2n1. The predicted octanol–water partition coefficient (Wildman–Crippen LogP) is 4.04. The van der Waals surface area contributed by atoms with Crippen molar-refractivity contribution in [3.05, 3.63) is 71.2 Å². The minimum Gasteiger partial charge on any atom is -0.382 e. The standard InChI is InChI=1S/C17H13F3N2O/c1-10-9-12(16(23)14-7-2-3-8-21-14)11-5-4-6-13(15(11)22-10)17(18,19)20/h2-9,16,23H,1H3. The van der Waals surface area contributed by atoms with Gasteiger partial charge in [-0.1, -0.05) is 18.2 Å². The lowest BCUT2D eigenvalue weighted by atomic mass is 9.98. The minimum atomic E-state index is -4.51. The summed E-state index contributed by atoms with van der Waals surface area (Å²) < 4.78 is 39.6. The smallest absolute Gasteiger partial charge is 0.382 e. The van der Waals surface area contributed by atoms with Gasteiger partial charge in [0.2, 0.25) is 0 Å². The summed E-state index contributed by atoms with van der Waals surface area (Å²) in [6.45, 7) is 1.60. The van der Waals surface area contributed by atoms with Gasteiger partial charge >= 0.3 is 6.18 Å². The van der Waals surface area contributed by atoms with Gasteiger partial charge in [-0.25, -0.2) is 0 Å². The Bertz CT molecular complexity index is 848. The van der Waals surface area contributed by atoms with Crippen molar-refractivity contribution < 1.29 is 18.3 Å². The zero-order valence-corrected chi connectivity index (χ0v) is 12.2. The first-order valence-electron chi connectivity index (χ1n) is 6.94. The molecule has 1 atom stereocenters. The topological polar surface area (TPSA) is 46.0 Å². The Morgan fingerprint density at radius 3 is 2.52 bits per heavy atom. The van der Waals surface area contributed by atoms with Crippen LogP contribution >= 0.6 is 0 Å². The fourth-order valence-corrected chi connectivity index (χ4v) is 2.56. The number of pyridine rings is 2. The van der Waals surface area contributed by atoms with Gasteiger partial charge in [0.15, 0.2) is 0 Å². The van der Waals surface area contributed by atoms with Gasteiger partial charge in [0.05, 0.1) is 16.8 Å². The third-order valence-electron chi connectivity index (χ3n) is 3.57. The third kappa shape index (κ3) is 2.90. The van der Waals surface area contributed by atoms with Crippen molar-refractivity contribution in [2.75, 3.05) is 0 Å². The van der Waals surface area contributed by atoms with Crippen LogP contribution in [0.5, 0.6) is 0 Å². The average molecular weight is 318 g/mol. The molecule has 23 heavy (non-hydrogen) atoms. The van der Waals surface area contributed by atoms with Gasteiger partial charge in [-0.05, 0) is 36.8 Å². The average Bonchev–Trinajstić information content (AvgIpc) is 2.52. The Kier molecular flexibility index (Phi) is 3.77. The lowest BCUT2D eigenvalue weighted by Crippen LogP contribution is -2.09. The summed E-state index contributed by atoms with van der Waals surface area (Å²) in [5.41, 5.74) is 0.159. The van der Waals surface area contributed by atoms with E-state index in [4.69, 9.17) is 0 Å². The summed E-state index contributed by atoms with van der Waals surface area (Å²) in [7, 11) is 0. The molecule has 1 aromatic carbocycles. The van der Waals surface area contributed by atoms with E-state index in [0.29, 0.717) is 17.0 Å². The van der Waals surface area contributed by atoms with Crippen molar-refractivity contribution in [1.82, 2.24) is 9.97 Å². The number of para-hydroxylation sites is 1. The molecular weight excluding hydrogens is 305 g/mol. The highest BCUT2D eigenvalue weighted by Crippen LogP contribution is 2.36. The highest BCUT2D eigenvalue weighted by molar-refractivity contribution is 5.86. The Morgan fingerprint density at radius 1 is 1.09 bits per heavy atom. The number of aromatic nitrogens is 2. The van der Waals surface area contributed by atoms with Crippen molar-refractivity contribution >= 4 is 10.9 Å². The molecule has 0 spiro atoms. The normalized spacial score (nSPS) is 13.3. The number of aliphatic hydroxyl groups is 1. The molecule has 3 aromatic rings. The van der Waals surface area contributed by atoms with E-state index in [-0.39, 0.29) is 10.9 Å². The molecule has 3 nitrogen and oxygen atoms in total. The summed E-state index contributed by atoms with van der Waals surface area (Å²) in [5, 5.41) is 10.8. The number of nitrogens with zero attached hydrogens (tertiary/aromatic N) is 2. The Morgan fingerprint density at radius 2 is 1.87 bits per heavy atom. The molecule has 2 aromatic heterocycles. The van der Waals surface area contributed by atoms with E-state index in [2.05, 4.69) is 9.97 Å². The van der Waals surface area contributed by atoms with Gasteiger partial charge in [0.25, 0.3) is 0 Å². The molecular formula is C17H13F3N2O. The van der Waals surface area contributed by atoms with Gasteiger partial charge in [0.1, 0.15) is 6.10 Å². The van der Waals surface area contributed by atoms with Crippen LogP contribution in [0.3, 0.4) is 0 Å². The summed E-state index contributed by atoms with van der Waals surface area (Å²) in [6, 6.07) is 10.5. The largest absolute Gasteiger partial charge is 0.418 e. The summed E-state index contributed by atoms with van der Waals surface area (Å²) >= 11 is 0. The van der Waals surface area contributed by atoms with Crippen LogP contribution in [0.1, 0.15) is 28.6 Å². The molecule has 0 saturated heterocycles. The zero-order chi connectivity index (χ0) is 16.6. The van der Waals surface area contributed by atoms with E-state index in [1.54, 1.807) is 31.2 Å². The Hall–Kier alpha value is -2.47. The van der Waals surface area contributed by atoms with Crippen molar-refractivity contribution in [1.29, 1.82) is 0 Å². The number of hydrogen-bond donors (Lipinski definition) is 1. The molecule has 118 valence electrons. The van der Waals surface area contributed by atoms with Crippen molar-refractivity contribution in [3.8, 4) is 0 Å². The second-order valence-electron chi connectivity index (χ2n) is 5.21. The second-order valence-corrected chi connectivity index (χ2v) is 5.21. The molecule has 0 aliphatic carbocycles. The van der Waals surface area contributed by atoms with Crippen molar-refractivity contribution in [3.63, 3.8) is 0 Å². The number of benzene rings is 1. The van der Waals surface area contributed by atoms with Crippen LogP contribution < -0.4 is 0 Å². The van der Waals surface area contributed by atoms with Crippen LogP contribution in [0, 0.1) is 6.92 Å². The predicted molar refractivity (Wildman–Crippen MR) is 79.8 cm³/mol. The molecule has 0 radical (unpaired) electrons. The van der Waals surface area contributed by atoms with Gasteiger partial charge < -0.3 is 5.11 Å².